The van der Waals surface area contributed by atoms with Gasteiger partial charge in [-0.2, -0.15) is 0 Å². The Kier molecular flexibility index (Phi) is 7.03. The van der Waals surface area contributed by atoms with Crippen molar-refractivity contribution in [2.45, 2.75) is 13.5 Å². The fourth-order valence-electron chi connectivity index (χ4n) is 2.23. The quantitative estimate of drug-likeness (QED) is 0.696. The average molecular weight is 370 g/mol. The van der Waals surface area contributed by atoms with Crippen LogP contribution in [0.1, 0.15) is 11.1 Å². The predicted octanol–water partition coefficient (Wildman–Crippen LogP) is 4.49. The van der Waals surface area contributed by atoms with Crippen molar-refractivity contribution in [3.05, 3.63) is 51.5 Å². The van der Waals surface area contributed by atoms with Gasteiger partial charge in [0, 0.05) is 11.6 Å². The summed E-state index contributed by atoms with van der Waals surface area (Å²) in [5, 5.41) is 4.31. The van der Waals surface area contributed by atoms with Crippen molar-refractivity contribution >= 4 is 23.2 Å². The molecule has 1 N–H and O–H groups in total. The Morgan fingerprint density at radius 1 is 1.00 bits per heavy atom. The summed E-state index contributed by atoms with van der Waals surface area (Å²) in [5.74, 6) is 1.88. The molecule has 6 heteroatoms. The molecule has 0 spiro atoms. The summed E-state index contributed by atoms with van der Waals surface area (Å²) in [4.78, 5) is 0. The van der Waals surface area contributed by atoms with Crippen LogP contribution in [0.25, 0.3) is 0 Å². The van der Waals surface area contributed by atoms with E-state index in [4.69, 9.17) is 37.4 Å². The highest BCUT2D eigenvalue weighted by molar-refractivity contribution is 6.32. The smallest absolute Gasteiger partial charge is 0.179 e. The third kappa shape index (κ3) is 4.94. The molecule has 0 aromatic heterocycles. The molecule has 0 fully saturated rings. The normalized spacial score (nSPS) is 10.5. The van der Waals surface area contributed by atoms with Crippen molar-refractivity contribution in [1.29, 1.82) is 0 Å². The number of aryl methyl sites for hydroxylation is 1. The van der Waals surface area contributed by atoms with Crippen molar-refractivity contribution in [3.63, 3.8) is 0 Å². The van der Waals surface area contributed by atoms with Gasteiger partial charge in [0.25, 0.3) is 0 Å². The Morgan fingerprint density at radius 3 is 2.42 bits per heavy atom. The van der Waals surface area contributed by atoms with E-state index < -0.39 is 0 Å². The molecule has 0 amide bonds. The molecule has 0 saturated heterocycles. The van der Waals surface area contributed by atoms with Gasteiger partial charge in [-0.25, -0.2) is 0 Å². The average Bonchev–Trinajstić information content (AvgIpc) is 2.56. The standard InChI is InChI=1S/C18H21Cl2NO3/c1-12-8-14(4-5-15(12)19)23-6-7-24-18-16(20)9-13(11-21-2)10-17(18)22-3/h4-5,8-10,21H,6-7,11H2,1-3H3. The number of hydrogen-bond donors (Lipinski definition) is 1. The zero-order valence-corrected chi connectivity index (χ0v) is 15.5. The first kappa shape index (κ1) is 18.7. The number of benzene rings is 2. The summed E-state index contributed by atoms with van der Waals surface area (Å²) < 4.78 is 16.8. The maximum atomic E-state index is 6.29. The highest BCUT2D eigenvalue weighted by Gasteiger charge is 2.12. The first-order valence-electron chi connectivity index (χ1n) is 7.58. The van der Waals surface area contributed by atoms with E-state index in [0.29, 0.717) is 36.3 Å². The van der Waals surface area contributed by atoms with Gasteiger partial charge in [-0.3, -0.25) is 0 Å². The van der Waals surface area contributed by atoms with Crippen molar-refractivity contribution in [1.82, 2.24) is 5.32 Å². The minimum Gasteiger partial charge on any atom is -0.493 e. The summed E-state index contributed by atoms with van der Waals surface area (Å²) in [7, 11) is 3.47. The Hall–Kier alpha value is -1.62. The zero-order valence-electron chi connectivity index (χ0n) is 14.0. The number of rotatable bonds is 8. The minimum atomic E-state index is 0.350. The topological polar surface area (TPSA) is 39.7 Å². The SMILES string of the molecule is CNCc1cc(Cl)c(OCCOc2ccc(Cl)c(C)c2)c(OC)c1. The van der Waals surface area contributed by atoms with Crippen molar-refractivity contribution in [2.75, 3.05) is 27.4 Å². The molecule has 0 heterocycles. The Bertz CT molecular complexity index is 692. The van der Waals surface area contributed by atoms with Gasteiger partial charge in [-0.05, 0) is 55.4 Å². The molecule has 130 valence electrons. The van der Waals surface area contributed by atoms with Crippen LogP contribution in [-0.4, -0.2) is 27.4 Å². The summed E-state index contributed by atoms with van der Waals surface area (Å²) in [6, 6.07) is 9.30. The van der Waals surface area contributed by atoms with E-state index in [2.05, 4.69) is 5.32 Å². The molecule has 0 saturated carbocycles. The predicted molar refractivity (Wildman–Crippen MR) is 97.9 cm³/mol. The van der Waals surface area contributed by atoms with Gasteiger partial charge in [0.15, 0.2) is 11.5 Å². The summed E-state index contributed by atoms with van der Waals surface area (Å²) in [6.45, 7) is 3.38. The number of halogens is 2. The third-order valence-electron chi connectivity index (χ3n) is 3.40. The fraction of sp³-hybridized carbons (Fsp3) is 0.333. The first-order chi connectivity index (χ1) is 11.5. The van der Waals surface area contributed by atoms with E-state index in [9.17, 15) is 0 Å². The molecule has 2 aromatic carbocycles. The molecule has 0 aliphatic rings. The maximum Gasteiger partial charge on any atom is 0.179 e. The van der Waals surface area contributed by atoms with Crippen LogP contribution in [0.5, 0.6) is 17.2 Å². The van der Waals surface area contributed by atoms with Gasteiger partial charge < -0.3 is 19.5 Å². The van der Waals surface area contributed by atoms with Crippen LogP contribution in [0.2, 0.25) is 10.0 Å². The Morgan fingerprint density at radius 2 is 1.75 bits per heavy atom. The van der Waals surface area contributed by atoms with E-state index >= 15 is 0 Å². The van der Waals surface area contributed by atoms with Gasteiger partial charge in [0.2, 0.25) is 0 Å². The molecule has 24 heavy (non-hydrogen) atoms. The van der Waals surface area contributed by atoms with E-state index in [0.717, 1.165) is 21.9 Å². The van der Waals surface area contributed by atoms with Crippen molar-refractivity contribution in [2.24, 2.45) is 0 Å². The van der Waals surface area contributed by atoms with Gasteiger partial charge in [-0.1, -0.05) is 23.2 Å². The molecule has 0 aliphatic carbocycles. The second-order valence-corrected chi connectivity index (χ2v) is 6.06. The van der Waals surface area contributed by atoms with Crippen LogP contribution in [0.15, 0.2) is 30.3 Å². The lowest BCUT2D eigenvalue weighted by atomic mass is 10.2. The fourth-order valence-corrected chi connectivity index (χ4v) is 2.64. The van der Waals surface area contributed by atoms with Crippen LogP contribution in [-0.2, 0) is 6.54 Å². The summed E-state index contributed by atoms with van der Waals surface area (Å²) >= 11 is 12.3. The van der Waals surface area contributed by atoms with Gasteiger partial charge in [0.05, 0.1) is 12.1 Å². The maximum absolute atomic E-state index is 6.29. The molecule has 0 aliphatic heterocycles. The van der Waals surface area contributed by atoms with Crippen LogP contribution in [0.4, 0.5) is 0 Å². The second kappa shape index (κ2) is 9.02. The van der Waals surface area contributed by atoms with Crippen molar-refractivity contribution < 1.29 is 14.2 Å². The first-order valence-corrected chi connectivity index (χ1v) is 8.33. The van der Waals surface area contributed by atoms with Crippen LogP contribution in [0.3, 0.4) is 0 Å². The second-order valence-electron chi connectivity index (χ2n) is 5.25. The minimum absolute atomic E-state index is 0.350. The van der Waals surface area contributed by atoms with Crippen LogP contribution < -0.4 is 19.5 Å². The number of hydrogen-bond acceptors (Lipinski definition) is 4. The zero-order chi connectivity index (χ0) is 17.5. The van der Waals surface area contributed by atoms with E-state index in [-0.39, 0.29) is 0 Å². The Balaban J connectivity index is 1.95. The molecule has 0 radical (unpaired) electrons. The van der Waals surface area contributed by atoms with Crippen molar-refractivity contribution in [3.8, 4) is 17.2 Å². The summed E-state index contributed by atoms with van der Waals surface area (Å²) in [6.07, 6.45) is 0. The lowest BCUT2D eigenvalue weighted by Crippen LogP contribution is -2.11. The van der Waals surface area contributed by atoms with E-state index in [1.807, 2.05) is 44.3 Å². The third-order valence-corrected chi connectivity index (χ3v) is 4.10. The number of methoxy groups -OCH3 is 1. The molecule has 2 aromatic rings. The van der Waals surface area contributed by atoms with E-state index in [1.165, 1.54) is 0 Å². The largest absolute Gasteiger partial charge is 0.493 e. The van der Waals surface area contributed by atoms with Gasteiger partial charge in [-0.15, -0.1) is 0 Å². The molecule has 0 unspecified atom stereocenters. The van der Waals surface area contributed by atoms with Gasteiger partial charge >= 0.3 is 0 Å². The highest BCUT2D eigenvalue weighted by Crippen LogP contribution is 2.36. The molecule has 0 atom stereocenters. The Labute approximate surface area is 152 Å². The molecular weight excluding hydrogens is 349 g/mol. The lowest BCUT2D eigenvalue weighted by molar-refractivity contribution is 0.211. The lowest BCUT2D eigenvalue weighted by Gasteiger charge is -2.14. The number of ether oxygens (including phenoxy) is 3. The molecule has 2 rings (SSSR count). The highest BCUT2D eigenvalue weighted by atomic mass is 35.5. The van der Waals surface area contributed by atoms with Gasteiger partial charge in [0.1, 0.15) is 19.0 Å². The molecule has 4 nitrogen and oxygen atoms in total. The van der Waals surface area contributed by atoms with E-state index in [1.54, 1.807) is 7.11 Å². The molecular formula is C18H21Cl2NO3. The number of nitrogens with one attached hydrogen (secondary N) is 1. The molecule has 0 bridgehead atoms. The van der Waals surface area contributed by atoms with Crippen LogP contribution in [0, 0.1) is 6.92 Å². The van der Waals surface area contributed by atoms with Crippen LogP contribution >= 0.6 is 23.2 Å². The summed E-state index contributed by atoms with van der Waals surface area (Å²) in [5.41, 5.74) is 2.00. The monoisotopic (exact) mass is 369 g/mol.